The van der Waals surface area contributed by atoms with Gasteiger partial charge in [-0.1, -0.05) is 54.1 Å². The van der Waals surface area contributed by atoms with Crippen LogP contribution >= 0.6 is 11.6 Å². The van der Waals surface area contributed by atoms with Crippen molar-refractivity contribution in [1.29, 1.82) is 0 Å². The summed E-state index contributed by atoms with van der Waals surface area (Å²) >= 11 is 6.48. The molecule has 6 heteroatoms. The van der Waals surface area contributed by atoms with Crippen LogP contribution in [0, 0.1) is 6.92 Å². The largest absolute Gasteiger partial charge is 0.372 e. The molecule has 150 valence electrons. The number of hydrogen-bond donors (Lipinski definition) is 1. The molecular formula is C23H25ClN4O. The molecule has 3 aromatic rings. The van der Waals surface area contributed by atoms with Crippen molar-refractivity contribution in [2.24, 2.45) is 0 Å². The Labute approximate surface area is 176 Å². The fraction of sp³-hybridized carbons (Fsp3) is 0.304. The molecule has 1 fully saturated rings. The van der Waals surface area contributed by atoms with E-state index >= 15 is 0 Å². The molecule has 4 rings (SSSR count). The summed E-state index contributed by atoms with van der Waals surface area (Å²) in [6.07, 6.45) is 2.52. The number of aromatic nitrogens is 2. The van der Waals surface area contributed by atoms with Crippen molar-refractivity contribution < 1.29 is 4.79 Å². The van der Waals surface area contributed by atoms with Crippen molar-refractivity contribution in [3.8, 4) is 0 Å². The van der Waals surface area contributed by atoms with Crippen molar-refractivity contribution in [3.63, 3.8) is 0 Å². The smallest absolute Gasteiger partial charge is 0.256 e. The highest BCUT2D eigenvalue weighted by Gasteiger charge is 2.20. The lowest BCUT2D eigenvalue weighted by Crippen LogP contribution is -2.23. The summed E-state index contributed by atoms with van der Waals surface area (Å²) in [7, 11) is 0. The third-order valence-corrected chi connectivity index (χ3v) is 5.71. The molecule has 1 N–H and O–H groups in total. The van der Waals surface area contributed by atoms with Crippen LogP contribution in [0.1, 0.15) is 40.0 Å². The minimum Gasteiger partial charge on any atom is -0.372 e. The molecule has 0 radical (unpaired) electrons. The van der Waals surface area contributed by atoms with E-state index in [0.29, 0.717) is 29.5 Å². The number of hydrogen-bond acceptors (Lipinski definition) is 3. The maximum Gasteiger partial charge on any atom is 0.256 e. The predicted octanol–water partition coefficient (Wildman–Crippen LogP) is 4.42. The van der Waals surface area contributed by atoms with Gasteiger partial charge in [-0.05, 0) is 43.0 Å². The predicted molar refractivity (Wildman–Crippen MR) is 117 cm³/mol. The van der Waals surface area contributed by atoms with E-state index < -0.39 is 0 Å². The highest BCUT2D eigenvalue weighted by molar-refractivity contribution is 6.33. The van der Waals surface area contributed by atoms with Gasteiger partial charge in [-0.15, -0.1) is 0 Å². The van der Waals surface area contributed by atoms with Crippen LogP contribution in [-0.2, 0) is 13.1 Å². The Hall–Kier alpha value is -2.79. The number of carbonyl (C=O) groups excluding carboxylic acids is 1. The van der Waals surface area contributed by atoms with E-state index in [-0.39, 0.29) is 5.91 Å². The number of anilines is 1. The first-order valence-electron chi connectivity index (χ1n) is 10.0. The van der Waals surface area contributed by atoms with Crippen molar-refractivity contribution >= 4 is 23.2 Å². The molecule has 1 aromatic heterocycles. The van der Waals surface area contributed by atoms with Crippen molar-refractivity contribution in [2.75, 3.05) is 18.0 Å². The third kappa shape index (κ3) is 4.46. The van der Waals surface area contributed by atoms with E-state index in [2.05, 4.69) is 39.6 Å². The molecule has 29 heavy (non-hydrogen) atoms. The van der Waals surface area contributed by atoms with E-state index in [1.54, 1.807) is 4.68 Å². The Morgan fingerprint density at radius 1 is 1.03 bits per heavy atom. The Morgan fingerprint density at radius 2 is 1.72 bits per heavy atom. The Morgan fingerprint density at radius 3 is 2.41 bits per heavy atom. The van der Waals surface area contributed by atoms with Crippen LogP contribution in [0.15, 0.2) is 54.6 Å². The number of nitrogens with zero attached hydrogens (tertiary/aromatic N) is 3. The lowest BCUT2D eigenvalue weighted by molar-refractivity contribution is 0.0950. The van der Waals surface area contributed by atoms with E-state index in [9.17, 15) is 4.79 Å². The lowest BCUT2D eigenvalue weighted by atomic mass is 10.2. The minimum atomic E-state index is -0.199. The molecule has 1 aliphatic heterocycles. The van der Waals surface area contributed by atoms with Gasteiger partial charge >= 0.3 is 0 Å². The molecular weight excluding hydrogens is 384 g/mol. The first-order chi connectivity index (χ1) is 14.1. The molecule has 0 bridgehead atoms. The molecule has 1 amide bonds. The number of aryl methyl sites for hydroxylation is 1. The van der Waals surface area contributed by atoms with Gasteiger partial charge in [0.15, 0.2) is 0 Å². The maximum atomic E-state index is 12.7. The summed E-state index contributed by atoms with van der Waals surface area (Å²) < 4.78 is 1.67. The third-order valence-electron chi connectivity index (χ3n) is 5.33. The van der Waals surface area contributed by atoms with Gasteiger partial charge in [-0.3, -0.25) is 4.79 Å². The topological polar surface area (TPSA) is 50.2 Å². The maximum absolute atomic E-state index is 12.7. The quantitative estimate of drug-likeness (QED) is 0.656. The number of nitrogens with one attached hydrogen (secondary N) is 1. The summed E-state index contributed by atoms with van der Waals surface area (Å²) in [6.45, 7) is 5.05. The summed E-state index contributed by atoms with van der Waals surface area (Å²) in [5.41, 5.74) is 4.47. The van der Waals surface area contributed by atoms with Crippen molar-refractivity contribution in [1.82, 2.24) is 15.1 Å². The lowest BCUT2D eigenvalue weighted by Gasteiger charge is -2.17. The second-order valence-corrected chi connectivity index (χ2v) is 7.80. The average Bonchev–Trinajstić information content (AvgIpc) is 3.36. The van der Waals surface area contributed by atoms with Crippen LogP contribution in [-0.4, -0.2) is 28.8 Å². The molecule has 2 aromatic carbocycles. The zero-order valence-electron chi connectivity index (χ0n) is 16.6. The first-order valence-corrected chi connectivity index (χ1v) is 10.4. The van der Waals surface area contributed by atoms with Gasteiger partial charge < -0.3 is 10.2 Å². The van der Waals surface area contributed by atoms with Gasteiger partial charge in [0.2, 0.25) is 0 Å². The second kappa shape index (κ2) is 8.70. The number of rotatable bonds is 6. The van der Waals surface area contributed by atoms with Gasteiger partial charge in [0.05, 0.1) is 17.8 Å². The number of amides is 1. The van der Waals surface area contributed by atoms with Crippen LogP contribution in [0.25, 0.3) is 0 Å². The normalized spacial score (nSPS) is 13.7. The average molecular weight is 409 g/mol. The van der Waals surface area contributed by atoms with Gasteiger partial charge in [0.1, 0.15) is 5.15 Å². The summed E-state index contributed by atoms with van der Waals surface area (Å²) in [5.74, 6) is -0.199. The molecule has 0 spiro atoms. The van der Waals surface area contributed by atoms with Crippen molar-refractivity contribution in [3.05, 3.63) is 82.1 Å². The first kappa shape index (κ1) is 19.5. The molecule has 0 saturated carbocycles. The van der Waals surface area contributed by atoms with Gasteiger partial charge in [0, 0.05) is 25.3 Å². The Kier molecular flexibility index (Phi) is 5.86. The zero-order valence-corrected chi connectivity index (χ0v) is 17.3. The second-order valence-electron chi connectivity index (χ2n) is 7.44. The molecule has 1 saturated heterocycles. The van der Waals surface area contributed by atoms with Gasteiger partial charge in [-0.2, -0.15) is 5.10 Å². The van der Waals surface area contributed by atoms with Crippen LogP contribution in [0.4, 0.5) is 5.69 Å². The number of halogens is 1. The van der Waals surface area contributed by atoms with E-state index in [4.69, 9.17) is 11.6 Å². The molecule has 5 nitrogen and oxygen atoms in total. The van der Waals surface area contributed by atoms with Crippen LogP contribution < -0.4 is 10.2 Å². The summed E-state index contributed by atoms with van der Waals surface area (Å²) in [6, 6.07) is 18.3. The van der Waals surface area contributed by atoms with Crippen molar-refractivity contribution in [2.45, 2.75) is 32.9 Å². The van der Waals surface area contributed by atoms with Gasteiger partial charge in [-0.25, -0.2) is 4.68 Å². The zero-order chi connectivity index (χ0) is 20.2. The standard InChI is InChI=1S/C23H25ClN4O/c1-17-21(22(24)28(26-17)16-19-7-3-2-4-8-19)23(29)25-15-18-9-11-20(12-10-18)27-13-5-6-14-27/h2-4,7-12H,5-6,13-16H2,1H3,(H,25,29). The molecule has 2 heterocycles. The summed E-state index contributed by atoms with van der Waals surface area (Å²) in [4.78, 5) is 15.1. The molecule has 1 aliphatic rings. The summed E-state index contributed by atoms with van der Waals surface area (Å²) in [5, 5.41) is 7.80. The van der Waals surface area contributed by atoms with E-state index in [1.165, 1.54) is 18.5 Å². The molecule has 0 unspecified atom stereocenters. The molecule has 0 atom stereocenters. The highest BCUT2D eigenvalue weighted by atomic mass is 35.5. The van der Waals surface area contributed by atoms with E-state index in [1.807, 2.05) is 37.3 Å². The minimum absolute atomic E-state index is 0.199. The monoisotopic (exact) mass is 408 g/mol. The molecule has 0 aliphatic carbocycles. The number of benzene rings is 2. The number of carbonyl (C=O) groups is 1. The fourth-order valence-electron chi connectivity index (χ4n) is 3.74. The fourth-order valence-corrected chi connectivity index (χ4v) is 4.06. The van der Waals surface area contributed by atoms with Crippen LogP contribution in [0.5, 0.6) is 0 Å². The van der Waals surface area contributed by atoms with Crippen LogP contribution in [0.2, 0.25) is 5.15 Å². The SMILES string of the molecule is Cc1nn(Cc2ccccc2)c(Cl)c1C(=O)NCc1ccc(N2CCCC2)cc1. The Balaban J connectivity index is 1.40. The van der Waals surface area contributed by atoms with Gasteiger partial charge in [0.25, 0.3) is 5.91 Å². The van der Waals surface area contributed by atoms with E-state index in [0.717, 1.165) is 24.2 Å². The van der Waals surface area contributed by atoms with Crippen LogP contribution in [0.3, 0.4) is 0 Å². The Bertz CT molecular complexity index is 976. The highest BCUT2D eigenvalue weighted by Crippen LogP contribution is 2.22.